The van der Waals surface area contributed by atoms with Crippen molar-refractivity contribution in [3.63, 3.8) is 0 Å². The summed E-state index contributed by atoms with van der Waals surface area (Å²) in [6, 6.07) is 1.46. The average Bonchev–Trinajstić information content (AvgIpc) is 2.37. The molecule has 0 radical (unpaired) electrons. The molecule has 1 aliphatic heterocycles. The molecule has 0 saturated carbocycles. The normalized spacial score (nSPS) is 23.1. The van der Waals surface area contributed by atoms with Crippen molar-refractivity contribution in [3.05, 3.63) is 17.5 Å². The van der Waals surface area contributed by atoms with Crippen molar-refractivity contribution in [1.29, 1.82) is 0 Å². The van der Waals surface area contributed by atoms with E-state index in [1.54, 1.807) is 0 Å². The number of piperidine rings is 1. The zero-order valence-electron chi connectivity index (χ0n) is 12.6. The highest BCUT2D eigenvalue weighted by molar-refractivity contribution is 5.77. The molecule has 2 heterocycles. The topological polar surface area (TPSA) is 66.3 Å². The van der Waals surface area contributed by atoms with Crippen LogP contribution in [0.1, 0.15) is 50.9 Å². The number of anilines is 1. The van der Waals surface area contributed by atoms with E-state index in [-0.39, 0.29) is 0 Å². The minimum absolute atomic E-state index is 0.308. The van der Waals surface area contributed by atoms with E-state index >= 15 is 0 Å². The lowest BCUT2D eigenvalue weighted by molar-refractivity contribution is -0.139. The van der Waals surface area contributed by atoms with Gasteiger partial charge in [0.2, 0.25) is 5.95 Å². The Balaban J connectivity index is 2.35. The summed E-state index contributed by atoms with van der Waals surface area (Å²) in [7, 11) is 0. The number of aromatic nitrogens is 2. The van der Waals surface area contributed by atoms with Gasteiger partial charge in [0.05, 0.1) is 0 Å². The van der Waals surface area contributed by atoms with Crippen molar-refractivity contribution >= 4 is 11.9 Å². The molecular formula is C15H23N3O2. The van der Waals surface area contributed by atoms with Gasteiger partial charge in [-0.15, -0.1) is 0 Å². The van der Waals surface area contributed by atoms with Crippen LogP contribution >= 0.6 is 0 Å². The average molecular weight is 277 g/mol. The predicted octanol–water partition coefficient (Wildman–Crippen LogP) is 2.60. The van der Waals surface area contributed by atoms with Crippen LogP contribution in [0.25, 0.3) is 0 Å². The lowest BCUT2D eigenvalue weighted by Gasteiger charge is -2.36. The van der Waals surface area contributed by atoms with Crippen molar-refractivity contribution < 1.29 is 9.90 Å². The zero-order valence-corrected chi connectivity index (χ0v) is 12.6. The standard InChI is InChI=1S/C15H23N3O2/c1-9(2)12-8-11(4)16-15(17-12)18-6-5-10(3)7-13(18)14(19)20/h8-10,13H,5-7H2,1-4H3,(H,19,20). The van der Waals surface area contributed by atoms with E-state index < -0.39 is 12.0 Å². The van der Waals surface area contributed by atoms with Crippen LogP contribution in [0.3, 0.4) is 0 Å². The van der Waals surface area contributed by atoms with Gasteiger partial charge in [-0.3, -0.25) is 0 Å². The third-order valence-corrected chi connectivity index (χ3v) is 3.86. The molecule has 2 rings (SSSR count). The van der Waals surface area contributed by atoms with Gasteiger partial charge in [0.15, 0.2) is 0 Å². The zero-order chi connectivity index (χ0) is 14.9. The molecule has 20 heavy (non-hydrogen) atoms. The van der Waals surface area contributed by atoms with Crippen molar-refractivity contribution in [3.8, 4) is 0 Å². The quantitative estimate of drug-likeness (QED) is 0.920. The van der Waals surface area contributed by atoms with Gasteiger partial charge in [-0.05, 0) is 37.7 Å². The summed E-state index contributed by atoms with van der Waals surface area (Å²) in [5.41, 5.74) is 1.86. The Morgan fingerprint density at radius 1 is 1.45 bits per heavy atom. The third kappa shape index (κ3) is 3.08. The van der Waals surface area contributed by atoms with Crippen molar-refractivity contribution in [2.45, 2.75) is 52.5 Å². The van der Waals surface area contributed by atoms with E-state index in [0.29, 0.717) is 30.7 Å². The van der Waals surface area contributed by atoms with Gasteiger partial charge in [-0.25, -0.2) is 14.8 Å². The van der Waals surface area contributed by atoms with Crippen LogP contribution in [-0.2, 0) is 4.79 Å². The summed E-state index contributed by atoms with van der Waals surface area (Å²) in [4.78, 5) is 22.4. The molecule has 0 bridgehead atoms. The van der Waals surface area contributed by atoms with Gasteiger partial charge in [0, 0.05) is 17.9 Å². The number of nitrogens with zero attached hydrogens (tertiary/aromatic N) is 3. The first-order chi connectivity index (χ1) is 9.38. The molecule has 5 heteroatoms. The summed E-state index contributed by atoms with van der Waals surface area (Å²) >= 11 is 0. The molecule has 5 nitrogen and oxygen atoms in total. The van der Waals surface area contributed by atoms with Crippen LogP contribution in [0.5, 0.6) is 0 Å². The highest BCUT2D eigenvalue weighted by Crippen LogP contribution is 2.27. The van der Waals surface area contributed by atoms with E-state index in [0.717, 1.165) is 17.8 Å². The van der Waals surface area contributed by atoms with Crippen LogP contribution in [-0.4, -0.2) is 33.6 Å². The molecule has 110 valence electrons. The van der Waals surface area contributed by atoms with Crippen molar-refractivity contribution in [1.82, 2.24) is 9.97 Å². The Hall–Kier alpha value is -1.65. The number of carbonyl (C=O) groups is 1. The first-order valence-electron chi connectivity index (χ1n) is 7.23. The minimum atomic E-state index is -0.784. The molecule has 1 N–H and O–H groups in total. The molecule has 0 aromatic carbocycles. The third-order valence-electron chi connectivity index (χ3n) is 3.86. The SMILES string of the molecule is Cc1cc(C(C)C)nc(N2CCC(C)CC2C(=O)O)n1. The number of aliphatic carboxylic acids is 1. The van der Waals surface area contributed by atoms with Gasteiger partial charge in [0.1, 0.15) is 6.04 Å². The molecule has 0 amide bonds. The predicted molar refractivity (Wildman–Crippen MR) is 78.0 cm³/mol. The van der Waals surface area contributed by atoms with E-state index in [4.69, 9.17) is 0 Å². The minimum Gasteiger partial charge on any atom is -0.480 e. The Morgan fingerprint density at radius 2 is 2.15 bits per heavy atom. The van der Waals surface area contributed by atoms with E-state index in [9.17, 15) is 9.90 Å². The molecule has 2 unspecified atom stereocenters. The number of carboxylic acids is 1. The Labute approximate surface area is 120 Å². The van der Waals surface area contributed by atoms with Gasteiger partial charge in [-0.1, -0.05) is 20.8 Å². The molecule has 0 spiro atoms. The molecule has 1 fully saturated rings. The summed E-state index contributed by atoms with van der Waals surface area (Å²) in [6.07, 6.45) is 1.64. The van der Waals surface area contributed by atoms with E-state index in [2.05, 4.69) is 30.7 Å². The highest BCUT2D eigenvalue weighted by atomic mass is 16.4. The lowest BCUT2D eigenvalue weighted by Crippen LogP contribution is -2.47. The highest BCUT2D eigenvalue weighted by Gasteiger charge is 2.33. The van der Waals surface area contributed by atoms with Gasteiger partial charge in [-0.2, -0.15) is 0 Å². The maximum Gasteiger partial charge on any atom is 0.326 e. The second-order valence-electron chi connectivity index (χ2n) is 6.07. The second kappa shape index (κ2) is 5.77. The summed E-state index contributed by atoms with van der Waals surface area (Å²) in [6.45, 7) is 8.90. The van der Waals surface area contributed by atoms with Gasteiger partial charge < -0.3 is 10.0 Å². The van der Waals surface area contributed by atoms with Crippen LogP contribution in [0, 0.1) is 12.8 Å². The van der Waals surface area contributed by atoms with Crippen LogP contribution in [0.4, 0.5) is 5.95 Å². The fourth-order valence-electron chi connectivity index (χ4n) is 2.62. The maximum absolute atomic E-state index is 11.5. The fraction of sp³-hybridized carbons (Fsp3) is 0.667. The van der Waals surface area contributed by atoms with Crippen molar-refractivity contribution in [2.75, 3.05) is 11.4 Å². The smallest absolute Gasteiger partial charge is 0.326 e. The molecule has 1 aliphatic rings. The second-order valence-corrected chi connectivity index (χ2v) is 6.07. The number of hydrogen-bond acceptors (Lipinski definition) is 4. The first kappa shape index (κ1) is 14.8. The number of rotatable bonds is 3. The molecular weight excluding hydrogens is 254 g/mol. The molecule has 1 aromatic rings. The van der Waals surface area contributed by atoms with Gasteiger partial charge >= 0.3 is 5.97 Å². The fourth-order valence-corrected chi connectivity index (χ4v) is 2.62. The Bertz CT molecular complexity index is 502. The van der Waals surface area contributed by atoms with Crippen LogP contribution in [0.15, 0.2) is 6.07 Å². The van der Waals surface area contributed by atoms with E-state index in [1.807, 2.05) is 17.9 Å². The van der Waals surface area contributed by atoms with Gasteiger partial charge in [0.25, 0.3) is 0 Å². The maximum atomic E-state index is 11.5. The molecule has 0 aliphatic carbocycles. The lowest BCUT2D eigenvalue weighted by atomic mass is 9.93. The first-order valence-corrected chi connectivity index (χ1v) is 7.23. The van der Waals surface area contributed by atoms with Crippen molar-refractivity contribution in [2.24, 2.45) is 5.92 Å². The number of aryl methyl sites for hydroxylation is 1. The monoisotopic (exact) mass is 277 g/mol. The molecule has 1 aromatic heterocycles. The Morgan fingerprint density at radius 3 is 2.75 bits per heavy atom. The van der Waals surface area contributed by atoms with Crippen LogP contribution in [0.2, 0.25) is 0 Å². The number of carboxylic acid groups (broad SMARTS) is 1. The molecule has 1 saturated heterocycles. The summed E-state index contributed by atoms with van der Waals surface area (Å²) in [5, 5.41) is 9.44. The summed E-state index contributed by atoms with van der Waals surface area (Å²) in [5.74, 6) is 0.518. The van der Waals surface area contributed by atoms with Crippen LogP contribution < -0.4 is 4.90 Å². The molecule has 2 atom stereocenters. The van der Waals surface area contributed by atoms with E-state index in [1.165, 1.54) is 0 Å². The number of hydrogen-bond donors (Lipinski definition) is 1. The largest absolute Gasteiger partial charge is 0.480 e. The Kier molecular flexibility index (Phi) is 4.26. The summed E-state index contributed by atoms with van der Waals surface area (Å²) < 4.78 is 0.